The summed E-state index contributed by atoms with van der Waals surface area (Å²) in [5.41, 5.74) is 0.288. The third-order valence-electron chi connectivity index (χ3n) is 4.68. The van der Waals surface area contributed by atoms with Crippen molar-refractivity contribution >= 4 is 17.3 Å². The first-order valence-corrected chi connectivity index (χ1v) is 9.72. The molecular formula is C22H22F3N3O3. The lowest BCUT2D eigenvalue weighted by Gasteiger charge is -2.26. The van der Waals surface area contributed by atoms with Crippen LogP contribution in [-0.4, -0.2) is 35.7 Å². The Morgan fingerprint density at radius 1 is 1.16 bits per heavy atom. The maximum Gasteiger partial charge on any atom is 0.416 e. The zero-order valence-corrected chi connectivity index (χ0v) is 16.8. The molecule has 0 radical (unpaired) electrons. The number of rotatable bonds is 8. The molecule has 0 saturated heterocycles. The highest BCUT2D eigenvalue weighted by atomic mass is 19.4. The predicted molar refractivity (Wildman–Crippen MR) is 111 cm³/mol. The number of carbonyl (C=O) groups excluding carboxylic acids is 1. The first-order chi connectivity index (χ1) is 14.8. The molecule has 0 saturated carbocycles. The number of nitrogens with zero attached hydrogens (tertiary/aromatic N) is 2. The number of benzene rings is 1. The minimum absolute atomic E-state index is 0.0153. The summed E-state index contributed by atoms with van der Waals surface area (Å²) in [6.07, 6.45) is -0.953. The smallest absolute Gasteiger partial charge is 0.416 e. The van der Waals surface area contributed by atoms with Crippen LogP contribution in [0, 0.1) is 0 Å². The van der Waals surface area contributed by atoms with Crippen LogP contribution in [0.1, 0.15) is 29.5 Å². The summed E-state index contributed by atoms with van der Waals surface area (Å²) < 4.78 is 45.3. The van der Waals surface area contributed by atoms with E-state index in [1.807, 2.05) is 6.92 Å². The molecule has 0 aliphatic heterocycles. The van der Waals surface area contributed by atoms with Crippen molar-refractivity contribution < 1.29 is 27.5 Å². The van der Waals surface area contributed by atoms with E-state index in [-0.39, 0.29) is 18.1 Å². The summed E-state index contributed by atoms with van der Waals surface area (Å²) in [5.74, 6) is -0.261. The number of carbonyl (C=O) groups is 1. The molecule has 3 rings (SSSR count). The van der Waals surface area contributed by atoms with Crippen molar-refractivity contribution in [2.75, 3.05) is 29.9 Å². The minimum atomic E-state index is -4.56. The van der Waals surface area contributed by atoms with E-state index < -0.39 is 17.6 Å². The molecular weight excluding hydrogens is 411 g/mol. The van der Waals surface area contributed by atoms with Gasteiger partial charge in [-0.2, -0.15) is 13.2 Å². The van der Waals surface area contributed by atoms with Crippen LogP contribution in [0.15, 0.2) is 59.3 Å². The third kappa shape index (κ3) is 5.43. The van der Waals surface area contributed by atoms with Gasteiger partial charge >= 0.3 is 6.18 Å². The number of hydrogen-bond donors (Lipinski definition) is 2. The number of aliphatic hydroxyl groups excluding tert-OH is 1. The molecule has 2 aromatic heterocycles. The Bertz CT molecular complexity index is 1020. The van der Waals surface area contributed by atoms with E-state index in [4.69, 9.17) is 9.52 Å². The van der Waals surface area contributed by atoms with E-state index in [1.54, 1.807) is 35.5 Å². The molecule has 2 N–H and O–H groups in total. The fourth-order valence-corrected chi connectivity index (χ4v) is 3.11. The van der Waals surface area contributed by atoms with E-state index >= 15 is 0 Å². The topological polar surface area (TPSA) is 78.6 Å². The standard InChI is InChI=1S/C22H22F3N3O3/c1-2-28(12-3-13-29)18-5-4-16(22(23,24)25)14-17(18)27-21(30)20-7-6-19(31-20)15-8-10-26-11-9-15/h4-11,14,29H,2-3,12-13H2,1H3,(H,27,30). The van der Waals surface area contributed by atoms with E-state index in [0.29, 0.717) is 31.0 Å². The van der Waals surface area contributed by atoms with Crippen LogP contribution in [-0.2, 0) is 6.18 Å². The number of halogens is 3. The molecule has 164 valence electrons. The second-order valence-electron chi connectivity index (χ2n) is 6.74. The van der Waals surface area contributed by atoms with Crippen molar-refractivity contribution in [3.63, 3.8) is 0 Å². The Morgan fingerprint density at radius 2 is 1.90 bits per heavy atom. The van der Waals surface area contributed by atoms with Crippen LogP contribution in [0.25, 0.3) is 11.3 Å². The van der Waals surface area contributed by atoms with Gasteiger partial charge in [-0.25, -0.2) is 0 Å². The maximum absolute atomic E-state index is 13.3. The molecule has 0 atom stereocenters. The Hall–Kier alpha value is -3.33. The van der Waals surface area contributed by atoms with Crippen molar-refractivity contribution in [1.82, 2.24) is 4.98 Å². The molecule has 0 fully saturated rings. The van der Waals surface area contributed by atoms with Gasteiger partial charge in [-0.15, -0.1) is 0 Å². The second kappa shape index (κ2) is 9.65. The highest BCUT2D eigenvalue weighted by molar-refractivity contribution is 6.04. The number of hydrogen-bond acceptors (Lipinski definition) is 5. The molecule has 3 aromatic rings. The first kappa shape index (κ1) is 22.4. The number of anilines is 2. The van der Waals surface area contributed by atoms with Crippen LogP contribution in [0.2, 0.25) is 0 Å². The van der Waals surface area contributed by atoms with E-state index in [9.17, 15) is 18.0 Å². The first-order valence-electron chi connectivity index (χ1n) is 9.72. The van der Waals surface area contributed by atoms with Gasteiger partial charge in [-0.3, -0.25) is 9.78 Å². The molecule has 0 bridgehead atoms. The van der Waals surface area contributed by atoms with Gasteiger partial charge in [-0.1, -0.05) is 0 Å². The molecule has 0 spiro atoms. The van der Waals surface area contributed by atoms with Crippen molar-refractivity contribution in [3.05, 3.63) is 66.2 Å². The monoisotopic (exact) mass is 433 g/mol. The molecule has 1 amide bonds. The van der Waals surface area contributed by atoms with Gasteiger partial charge in [0.25, 0.3) is 5.91 Å². The van der Waals surface area contributed by atoms with Crippen LogP contribution >= 0.6 is 0 Å². The van der Waals surface area contributed by atoms with Crippen molar-refractivity contribution in [3.8, 4) is 11.3 Å². The fourth-order valence-electron chi connectivity index (χ4n) is 3.11. The van der Waals surface area contributed by atoms with Crippen molar-refractivity contribution in [2.24, 2.45) is 0 Å². The Labute approximate surface area is 177 Å². The van der Waals surface area contributed by atoms with Gasteiger partial charge in [0.1, 0.15) is 5.76 Å². The molecule has 0 aliphatic carbocycles. The lowest BCUT2D eigenvalue weighted by atomic mass is 10.1. The van der Waals surface area contributed by atoms with E-state index in [0.717, 1.165) is 17.7 Å². The van der Waals surface area contributed by atoms with Crippen LogP contribution < -0.4 is 10.2 Å². The molecule has 0 aliphatic rings. The third-order valence-corrected chi connectivity index (χ3v) is 4.68. The minimum Gasteiger partial charge on any atom is -0.451 e. The number of aliphatic hydroxyl groups is 1. The summed E-state index contributed by atoms with van der Waals surface area (Å²) in [6.45, 7) is 2.70. The SMILES string of the molecule is CCN(CCCO)c1ccc(C(F)(F)F)cc1NC(=O)c1ccc(-c2ccncc2)o1. The predicted octanol–water partition coefficient (Wildman–Crippen LogP) is 4.82. The summed E-state index contributed by atoms with van der Waals surface area (Å²) in [4.78, 5) is 18.4. The molecule has 6 nitrogen and oxygen atoms in total. The van der Waals surface area contributed by atoms with Crippen LogP contribution in [0.4, 0.5) is 24.5 Å². The van der Waals surface area contributed by atoms with Gasteiger partial charge in [-0.05, 0) is 55.8 Å². The lowest BCUT2D eigenvalue weighted by molar-refractivity contribution is -0.137. The quantitative estimate of drug-likeness (QED) is 0.533. The number of aromatic nitrogens is 1. The maximum atomic E-state index is 13.3. The van der Waals surface area contributed by atoms with Gasteiger partial charge in [0.15, 0.2) is 5.76 Å². The summed E-state index contributed by atoms with van der Waals surface area (Å²) in [7, 11) is 0. The Kier molecular flexibility index (Phi) is 6.96. The van der Waals surface area contributed by atoms with Crippen LogP contribution in [0.5, 0.6) is 0 Å². The fraction of sp³-hybridized carbons (Fsp3) is 0.273. The Balaban J connectivity index is 1.91. The average Bonchev–Trinajstić information content (AvgIpc) is 3.25. The van der Waals surface area contributed by atoms with E-state index in [1.165, 1.54) is 12.1 Å². The molecule has 31 heavy (non-hydrogen) atoms. The zero-order valence-electron chi connectivity index (χ0n) is 16.8. The number of amides is 1. The second-order valence-corrected chi connectivity index (χ2v) is 6.74. The zero-order chi connectivity index (χ0) is 22.4. The van der Waals surface area contributed by atoms with Gasteiger partial charge in [0, 0.05) is 37.7 Å². The molecule has 1 aromatic carbocycles. The van der Waals surface area contributed by atoms with Crippen molar-refractivity contribution in [1.29, 1.82) is 0 Å². The van der Waals surface area contributed by atoms with Gasteiger partial charge in [0.2, 0.25) is 0 Å². The lowest BCUT2D eigenvalue weighted by Crippen LogP contribution is -2.26. The van der Waals surface area contributed by atoms with Crippen molar-refractivity contribution in [2.45, 2.75) is 19.5 Å². The molecule has 9 heteroatoms. The number of pyridine rings is 1. The van der Waals surface area contributed by atoms with Crippen LogP contribution in [0.3, 0.4) is 0 Å². The number of alkyl halides is 3. The number of nitrogens with one attached hydrogen (secondary N) is 1. The number of furan rings is 1. The summed E-state index contributed by atoms with van der Waals surface area (Å²) in [6, 6.07) is 9.70. The highest BCUT2D eigenvalue weighted by Gasteiger charge is 2.31. The largest absolute Gasteiger partial charge is 0.451 e. The average molecular weight is 433 g/mol. The van der Waals surface area contributed by atoms with Gasteiger partial charge < -0.3 is 19.7 Å². The van der Waals surface area contributed by atoms with Gasteiger partial charge in [0.05, 0.1) is 16.9 Å². The molecule has 2 heterocycles. The summed E-state index contributed by atoms with van der Waals surface area (Å²) in [5, 5.41) is 11.7. The van der Waals surface area contributed by atoms with E-state index in [2.05, 4.69) is 10.3 Å². The highest BCUT2D eigenvalue weighted by Crippen LogP contribution is 2.36. The molecule has 0 unspecified atom stereocenters. The Morgan fingerprint density at radius 3 is 2.55 bits per heavy atom. The normalized spacial score (nSPS) is 11.4. The summed E-state index contributed by atoms with van der Waals surface area (Å²) >= 11 is 0.